The van der Waals surface area contributed by atoms with Crippen LogP contribution >= 0.6 is 0 Å². The Bertz CT molecular complexity index is 341. The fourth-order valence-electron chi connectivity index (χ4n) is 1.20. The number of anilines is 1. The number of aromatic nitrogens is 1. The largest absolute Gasteiger partial charge is 0.481 e. The Kier molecular flexibility index (Phi) is 5.70. The fourth-order valence-corrected chi connectivity index (χ4v) is 1.20. The van der Waals surface area contributed by atoms with Crippen molar-refractivity contribution in [2.75, 3.05) is 32.2 Å². The van der Waals surface area contributed by atoms with E-state index in [1.54, 1.807) is 18.3 Å². The fraction of sp³-hybridized carbons (Fsp3) is 0.545. The Morgan fingerprint density at radius 3 is 2.67 bits per heavy atom. The molecule has 0 amide bonds. The summed E-state index contributed by atoms with van der Waals surface area (Å²) in [7, 11) is 1.52. The molecule has 0 unspecified atom stereocenters. The van der Waals surface area contributed by atoms with Crippen molar-refractivity contribution in [1.29, 1.82) is 0 Å². The molecule has 0 aliphatic rings. The Morgan fingerprint density at radius 1 is 1.33 bits per heavy atom. The maximum absolute atomic E-state index is 11.7. The Hall–Kier alpha value is -1.50. The molecule has 0 bridgehead atoms. The van der Waals surface area contributed by atoms with Crippen LogP contribution in [-0.4, -0.2) is 38.0 Å². The highest BCUT2D eigenvalue weighted by molar-refractivity contribution is 5.41. The number of nitrogens with one attached hydrogen (secondary N) is 1. The molecule has 1 aromatic rings. The molecular formula is C11H15F3N2O2. The summed E-state index contributed by atoms with van der Waals surface area (Å²) in [5.41, 5.74) is 0.784. The molecule has 0 atom stereocenters. The van der Waals surface area contributed by atoms with Crippen LogP contribution in [0.1, 0.15) is 6.42 Å². The van der Waals surface area contributed by atoms with Crippen LogP contribution in [0.15, 0.2) is 18.3 Å². The SMILES string of the molecule is COc1ccc(NCCCOCC(F)(F)F)cn1. The molecule has 0 spiro atoms. The summed E-state index contributed by atoms with van der Waals surface area (Å²) in [4.78, 5) is 3.98. The van der Waals surface area contributed by atoms with Crippen molar-refractivity contribution in [2.45, 2.75) is 12.6 Å². The van der Waals surface area contributed by atoms with Crippen LogP contribution < -0.4 is 10.1 Å². The summed E-state index contributed by atoms with van der Waals surface area (Å²) < 4.78 is 44.6. The highest BCUT2D eigenvalue weighted by Crippen LogP contribution is 2.14. The summed E-state index contributed by atoms with van der Waals surface area (Å²) >= 11 is 0. The van der Waals surface area contributed by atoms with Crippen molar-refractivity contribution in [3.63, 3.8) is 0 Å². The van der Waals surface area contributed by atoms with E-state index in [1.165, 1.54) is 7.11 Å². The second-order valence-corrected chi connectivity index (χ2v) is 3.54. The van der Waals surface area contributed by atoms with Gasteiger partial charge in [0.1, 0.15) is 6.61 Å². The minimum atomic E-state index is -4.26. The number of hydrogen-bond donors (Lipinski definition) is 1. The summed E-state index contributed by atoms with van der Waals surface area (Å²) in [6.45, 7) is -0.612. The second kappa shape index (κ2) is 7.05. The zero-order valence-electron chi connectivity index (χ0n) is 9.96. The first-order chi connectivity index (χ1) is 8.51. The third-order valence-electron chi connectivity index (χ3n) is 2.01. The van der Waals surface area contributed by atoms with Gasteiger partial charge in [-0.2, -0.15) is 13.2 Å². The normalized spacial score (nSPS) is 11.3. The average molecular weight is 264 g/mol. The minimum Gasteiger partial charge on any atom is -0.481 e. The van der Waals surface area contributed by atoms with E-state index in [0.717, 1.165) is 5.69 Å². The first-order valence-electron chi connectivity index (χ1n) is 5.39. The number of halogens is 3. The number of hydrogen-bond acceptors (Lipinski definition) is 4. The van der Waals surface area contributed by atoms with Gasteiger partial charge in [0.15, 0.2) is 0 Å². The van der Waals surface area contributed by atoms with E-state index in [1.807, 2.05) is 0 Å². The van der Waals surface area contributed by atoms with Gasteiger partial charge in [-0.25, -0.2) is 4.98 Å². The Labute approximate surface area is 103 Å². The average Bonchev–Trinajstić information content (AvgIpc) is 2.33. The van der Waals surface area contributed by atoms with Crippen LogP contribution in [0.2, 0.25) is 0 Å². The van der Waals surface area contributed by atoms with Crippen LogP contribution in [0.25, 0.3) is 0 Å². The number of rotatable bonds is 7. The molecule has 1 heterocycles. The predicted molar refractivity (Wildman–Crippen MR) is 60.8 cm³/mol. The maximum atomic E-state index is 11.7. The Balaban J connectivity index is 2.10. The first kappa shape index (κ1) is 14.6. The van der Waals surface area contributed by atoms with Gasteiger partial charge in [-0.15, -0.1) is 0 Å². The molecule has 4 nitrogen and oxygen atoms in total. The monoisotopic (exact) mass is 264 g/mol. The lowest BCUT2D eigenvalue weighted by Crippen LogP contribution is -2.18. The molecule has 1 rings (SSSR count). The minimum absolute atomic E-state index is 0.0656. The molecule has 102 valence electrons. The zero-order chi connectivity index (χ0) is 13.4. The highest BCUT2D eigenvalue weighted by Gasteiger charge is 2.27. The first-order valence-corrected chi connectivity index (χ1v) is 5.39. The van der Waals surface area contributed by atoms with Gasteiger partial charge >= 0.3 is 6.18 Å². The molecule has 0 radical (unpaired) electrons. The van der Waals surface area contributed by atoms with Crippen LogP contribution in [0.5, 0.6) is 5.88 Å². The molecule has 0 saturated carbocycles. The van der Waals surface area contributed by atoms with Crippen LogP contribution in [0, 0.1) is 0 Å². The van der Waals surface area contributed by atoms with E-state index in [2.05, 4.69) is 15.0 Å². The summed E-state index contributed by atoms with van der Waals surface area (Å²) in [6, 6.07) is 3.48. The third kappa shape index (κ3) is 6.29. The van der Waals surface area contributed by atoms with E-state index >= 15 is 0 Å². The summed E-state index contributed by atoms with van der Waals surface area (Å²) in [5.74, 6) is 0.508. The molecular weight excluding hydrogens is 249 g/mol. The smallest absolute Gasteiger partial charge is 0.411 e. The molecule has 0 aromatic carbocycles. The van der Waals surface area contributed by atoms with Gasteiger partial charge in [-0.05, 0) is 12.5 Å². The standard InChI is InChI=1S/C11H15F3N2O2/c1-17-10-4-3-9(7-16-10)15-5-2-6-18-8-11(12,13)14/h3-4,7,15H,2,5-6,8H2,1H3. The van der Waals surface area contributed by atoms with Gasteiger partial charge in [0.25, 0.3) is 0 Å². The van der Waals surface area contributed by atoms with Crippen molar-refractivity contribution in [3.05, 3.63) is 18.3 Å². The summed E-state index contributed by atoms with van der Waals surface area (Å²) in [5, 5.41) is 3.01. The van der Waals surface area contributed by atoms with Gasteiger partial charge < -0.3 is 14.8 Å². The van der Waals surface area contributed by atoms with E-state index in [0.29, 0.717) is 18.8 Å². The highest BCUT2D eigenvalue weighted by atomic mass is 19.4. The van der Waals surface area contributed by atoms with Gasteiger partial charge in [0.2, 0.25) is 5.88 Å². The predicted octanol–water partition coefficient (Wildman–Crippen LogP) is 2.47. The van der Waals surface area contributed by atoms with Crippen LogP contribution in [-0.2, 0) is 4.74 Å². The van der Waals surface area contributed by atoms with Crippen molar-refractivity contribution in [1.82, 2.24) is 4.98 Å². The molecule has 1 aromatic heterocycles. The van der Waals surface area contributed by atoms with Gasteiger partial charge in [0, 0.05) is 19.2 Å². The van der Waals surface area contributed by atoms with Crippen LogP contribution in [0.3, 0.4) is 0 Å². The number of pyridine rings is 1. The number of ether oxygens (including phenoxy) is 2. The molecule has 0 aliphatic heterocycles. The number of nitrogens with zero attached hydrogens (tertiary/aromatic N) is 1. The molecule has 7 heteroatoms. The maximum Gasteiger partial charge on any atom is 0.411 e. The molecule has 1 N–H and O–H groups in total. The zero-order valence-corrected chi connectivity index (χ0v) is 9.96. The van der Waals surface area contributed by atoms with Crippen molar-refractivity contribution >= 4 is 5.69 Å². The van der Waals surface area contributed by atoms with Crippen LogP contribution in [0.4, 0.5) is 18.9 Å². The lowest BCUT2D eigenvalue weighted by molar-refractivity contribution is -0.173. The Morgan fingerprint density at radius 2 is 2.11 bits per heavy atom. The lowest BCUT2D eigenvalue weighted by Gasteiger charge is -2.08. The molecule has 0 saturated heterocycles. The number of methoxy groups -OCH3 is 1. The lowest BCUT2D eigenvalue weighted by atomic mass is 10.4. The number of alkyl halides is 3. The molecule has 18 heavy (non-hydrogen) atoms. The van der Waals surface area contributed by atoms with Gasteiger partial charge in [0.05, 0.1) is 19.0 Å². The van der Waals surface area contributed by atoms with E-state index in [9.17, 15) is 13.2 Å². The molecule has 0 aliphatic carbocycles. The van der Waals surface area contributed by atoms with E-state index < -0.39 is 12.8 Å². The third-order valence-corrected chi connectivity index (χ3v) is 2.01. The van der Waals surface area contributed by atoms with E-state index in [-0.39, 0.29) is 6.61 Å². The van der Waals surface area contributed by atoms with Gasteiger partial charge in [-0.3, -0.25) is 0 Å². The van der Waals surface area contributed by atoms with Crippen molar-refractivity contribution in [3.8, 4) is 5.88 Å². The second-order valence-electron chi connectivity index (χ2n) is 3.54. The quantitative estimate of drug-likeness (QED) is 0.768. The van der Waals surface area contributed by atoms with Crippen molar-refractivity contribution < 1.29 is 22.6 Å². The van der Waals surface area contributed by atoms with E-state index in [4.69, 9.17) is 4.74 Å². The van der Waals surface area contributed by atoms with Gasteiger partial charge in [-0.1, -0.05) is 0 Å². The van der Waals surface area contributed by atoms with Crippen molar-refractivity contribution in [2.24, 2.45) is 0 Å². The topological polar surface area (TPSA) is 43.4 Å². The molecule has 0 fully saturated rings. The summed E-state index contributed by atoms with van der Waals surface area (Å²) in [6.07, 6.45) is -2.18.